The molecule has 0 spiro atoms. The molecule has 0 aliphatic heterocycles. The van der Waals surface area contributed by atoms with Crippen molar-refractivity contribution in [2.24, 2.45) is 0 Å². The lowest BCUT2D eigenvalue weighted by molar-refractivity contribution is -0.131. The van der Waals surface area contributed by atoms with Gasteiger partial charge in [-0.15, -0.1) is 0 Å². The minimum Gasteiger partial charge on any atom is -0.343 e. The highest BCUT2D eigenvalue weighted by atomic mass is 79.9. The van der Waals surface area contributed by atoms with Crippen LogP contribution in [0.5, 0.6) is 0 Å². The molecule has 0 N–H and O–H groups in total. The largest absolute Gasteiger partial charge is 0.343 e. The Hall–Kier alpha value is 0.300. The Bertz CT molecular complexity index is 155. The van der Waals surface area contributed by atoms with Crippen molar-refractivity contribution in [3.8, 4) is 0 Å². The Labute approximate surface area is 93.6 Å². The van der Waals surface area contributed by atoms with Crippen LogP contribution in [0.2, 0.25) is 0 Å². The Kier molecular flexibility index (Phi) is 7.86. The van der Waals surface area contributed by atoms with E-state index in [1.165, 1.54) is 0 Å². The van der Waals surface area contributed by atoms with Crippen LogP contribution in [-0.4, -0.2) is 41.2 Å². The molecule has 0 fully saturated rings. The molecule has 0 saturated heterocycles. The third-order valence-corrected chi connectivity index (χ3v) is 3.14. The van der Waals surface area contributed by atoms with Gasteiger partial charge in [0.2, 0.25) is 5.91 Å². The van der Waals surface area contributed by atoms with Crippen LogP contribution in [0.3, 0.4) is 0 Å². The molecule has 1 amide bonds. The molecule has 0 bridgehead atoms. The molecule has 0 aliphatic carbocycles. The van der Waals surface area contributed by atoms with Crippen LogP contribution in [0.1, 0.15) is 19.8 Å². The van der Waals surface area contributed by atoms with E-state index in [1.807, 2.05) is 23.7 Å². The van der Waals surface area contributed by atoms with Crippen molar-refractivity contribution in [3.05, 3.63) is 0 Å². The molecule has 0 saturated carbocycles. The molecule has 0 heterocycles. The Morgan fingerprint density at radius 2 is 2.23 bits per heavy atom. The van der Waals surface area contributed by atoms with E-state index >= 15 is 0 Å². The van der Waals surface area contributed by atoms with Gasteiger partial charge in [-0.3, -0.25) is 4.79 Å². The summed E-state index contributed by atoms with van der Waals surface area (Å²) >= 11 is 5.09. The van der Waals surface area contributed by atoms with E-state index in [2.05, 4.69) is 29.1 Å². The number of hydrogen-bond donors (Lipinski definition) is 0. The molecular formula is C9H18BrNOS. The predicted molar refractivity (Wildman–Crippen MR) is 63.6 cm³/mol. The van der Waals surface area contributed by atoms with Gasteiger partial charge < -0.3 is 4.90 Å². The van der Waals surface area contributed by atoms with E-state index in [1.54, 1.807) is 0 Å². The van der Waals surface area contributed by atoms with Gasteiger partial charge in [0.05, 0.1) is 0 Å². The average molecular weight is 268 g/mol. The van der Waals surface area contributed by atoms with Gasteiger partial charge in [0.15, 0.2) is 0 Å². The van der Waals surface area contributed by atoms with Crippen LogP contribution in [0, 0.1) is 0 Å². The monoisotopic (exact) mass is 267 g/mol. The van der Waals surface area contributed by atoms with Crippen molar-refractivity contribution >= 4 is 33.6 Å². The lowest BCUT2D eigenvalue weighted by Crippen LogP contribution is -2.35. The summed E-state index contributed by atoms with van der Waals surface area (Å²) in [5.41, 5.74) is 0. The maximum Gasteiger partial charge on any atom is 0.223 e. The van der Waals surface area contributed by atoms with Crippen LogP contribution in [0.25, 0.3) is 0 Å². The first-order valence-electron chi connectivity index (χ1n) is 4.44. The van der Waals surface area contributed by atoms with Gasteiger partial charge in [0, 0.05) is 24.8 Å². The Balaban J connectivity index is 3.79. The highest BCUT2D eigenvalue weighted by Crippen LogP contribution is 2.07. The molecule has 1 atom stereocenters. The lowest BCUT2D eigenvalue weighted by Gasteiger charge is -2.24. The minimum absolute atomic E-state index is 0.227. The highest BCUT2D eigenvalue weighted by Gasteiger charge is 2.13. The number of carbonyl (C=O) groups excluding carboxylic acids is 1. The van der Waals surface area contributed by atoms with Crippen LogP contribution in [-0.2, 0) is 4.79 Å². The first-order chi connectivity index (χ1) is 6.13. The van der Waals surface area contributed by atoms with Crippen molar-refractivity contribution in [2.45, 2.75) is 25.8 Å². The first kappa shape index (κ1) is 13.3. The number of nitrogens with zero attached hydrogens (tertiary/aromatic N) is 1. The fraction of sp³-hybridized carbons (Fsp3) is 0.889. The van der Waals surface area contributed by atoms with Gasteiger partial charge in [0.25, 0.3) is 0 Å². The summed E-state index contributed by atoms with van der Waals surface area (Å²) in [5.74, 6) is 1.35. The van der Waals surface area contributed by atoms with Crippen molar-refractivity contribution in [1.29, 1.82) is 0 Å². The second kappa shape index (κ2) is 7.68. The maximum atomic E-state index is 11.4. The molecule has 0 radical (unpaired) electrons. The summed E-state index contributed by atoms with van der Waals surface area (Å²) < 4.78 is 0. The number of alkyl halides is 1. The van der Waals surface area contributed by atoms with Gasteiger partial charge in [-0.25, -0.2) is 0 Å². The van der Waals surface area contributed by atoms with Crippen LogP contribution in [0.4, 0.5) is 0 Å². The first-order valence-corrected chi connectivity index (χ1v) is 6.95. The summed E-state index contributed by atoms with van der Waals surface area (Å²) in [6, 6.07) is 0.360. The predicted octanol–water partition coefficient (Wildman–Crippen LogP) is 2.37. The van der Waals surface area contributed by atoms with Crippen molar-refractivity contribution in [1.82, 2.24) is 4.90 Å². The molecule has 0 aromatic heterocycles. The number of amides is 1. The van der Waals surface area contributed by atoms with Gasteiger partial charge in [-0.2, -0.15) is 11.8 Å². The van der Waals surface area contributed by atoms with E-state index in [4.69, 9.17) is 0 Å². The van der Waals surface area contributed by atoms with E-state index < -0.39 is 0 Å². The number of hydrogen-bond acceptors (Lipinski definition) is 2. The third kappa shape index (κ3) is 5.57. The smallest absolute Gasteiger partial charge is 0.223 e. The lowest BCUT2D eigenvalue weighted by atomic mass is 10.2. The Morgan fingerprint density at radius 3 is 2.69 bits per heavy atom. The molecule has 2 nitrogen and oxygen atoms in total. The van der Waals surface area contributed by atoms with Crippen molar-refractivity contribution in [3.63, 3.8) is 0 Å². The zero-order valence-corrected chi connectivity index (χ0v) is 10.9. The molecule has 0 aliphatic rings. The zero-order valence-electron chi connectivity index (χ0n) is 8.55. The fourth-order valence-corrected chi connectivity index (χ4v) is 1.90. The molecule has 1 unspecified atom stereocenters. The van der Waals surface area contributed by atoms with Crippen LogP contribution >= 0.6 is 27.7 Å². The van der Waals surface area contributed by atoms with E-state index in [-0.39, 0.29) is 5.91 Å². The average Bonchev–Trinajstić information content (AvgIpc) is 2.13. The van der Waals surface area contributed by atoms with E-state index in [9.17, 15) is 4.79 Å². The second-order valence-corrected chi connectivity index (χ2v) is 4.85. The molecule has 0 aromatic rings. The zero-order chi connectivity index (χ0) is 10.3. The Morgan fingerprint density at radius 1 is 1.62 bits per heavy atom. The molecule has 0 rings (SSSR count). The van der Waals surface area contributed by atoms with Gasteiger partial charge in [0.1, 0.15) is 0 Å². The van der Waals surface area contributed by atoms with Gasteiger partial charge >= 0.3 is 0 Å². The maximum absolute atomic E-state index is 11.4. The third-order valence-electron chi connectivity index (χ3n) is 2.10. The van der Waals surface area contributed by atoms with Crippen LogP contribution < -0.4 is 0 Å². The number of halogens is 1. The quantitative estimate of drug-likeness (QED) is 0.689. The number of rotatable bonds is 6. The molecule has 0 aromatic carbocycles. The minimum atomic E-state index is 0.227. The van der Waals surface area contributed by atoms with Crippen molar-refractivity contribution < 1.29 is 4.79 Å². The van der Waals surface area contributed by atoms with Crippen LogP contribution in [0.15, 0.2) is 0 Å². The molecule has 13 heavy (non-hydrogen) atoms. The van der Waals surface area contributed by atoms with Gasteiger partial charge in [-0.05, 0) is 25.4 Å². The summed E-state index contributed by atoms with van der Waals surface area (Å²) in [4.78, 5) is 13.3. The fourth-order valence-electron chi connectivity index (χ4n) is 0.985. The van der Waals surface area contributed by atoms with Gasteiger partial charge in [-0.1, -0.05) is 15.9 Å². The highest BCUT2D eigenvalue weighted by molar-refractivity contribution is 9.09. The van der Waals surface area contributed by atoms with Crippen molar-refractivity contribution in [2.75, 3.05) is 24.4 Å². The number of thioether (sulfide) groups is 1. The SMILES string of the molecule is CSCCC(C)N(C)C(=O)CCBr. The summed E-state index contributed by atoms with van der Waals surface area (Å²) in [6.45, 7) is 2.10. The standard InChI is InChI=1S/C9H18BrNOS/c1-8(5-7-13-3)11(2)9(12)4-6-10/h8H,4-7H2,1-3H3. The second-order valence-electron chi connectivity index (χ2n) is 3.07. The molecular weight excluding hydrogens is 250 g/mol. The topological polar surface area (TPSA) is 20.3 Å². The summed E-state index contributed by atoms with van der Waals surface area (Å²) in [6.07, 6.45) is 3.76. The van der Waals surface area contributed by atoms with E-state index in [0.29, 0.717) is 12.5 Å². The van der Waals surface area contributed by atoms with E-state index in [0.717, 1.165) is 17.5 Å². The molecule has 78 valence electrons. The summed E-state index contributed by atoms with van der Waals surface area (Å²) in [5, 5.41) is 0.755. The number of carbonyl (C=O) groups is 1. The summed E-state index contributed by atoms with van der Waals surface area (Å²) in [7, 11) is 1.88. The normalized spacial score (nSPS) is 12.6. The molecule has 4 heteroatoms.